The molecule has 0 saturated carbocycles. The molecule has 0 bridgehead atoms. The fraction of sp³-hybridized carbons (Fsp3) is 0.562. The van der Waals surface area contributed by atoms with Gasteiger partial charge in [-0.05, 0) is 25.0 Å². The molecule has 0 N–H and O–H groups in total. The molecule has 1 aliphatic heterocycles. The molecule has 8 heteroatoms. The molecule has 24 heavy (non-hydrogen) atoms. The van der Waals surface area contributed by atoms with E-state index in [-0.39, 0.29) is 22.5 Å². The van der Waals surface area contributed by atoms with Gasteiger partial charge in [-0.15, -0.1) is 0 Å². The molecule has 1 aliphatic rings. The quantitative estimate of drug-likeness (QED) is 0.792. The zero-order valence-electron chi connectivity index (χ0n) is 14.5. The molecule has 1 saturated heterocycles. The second-order valence-corrected chi connectivity index (χ2v) is 7.83. The smallest absolute Gasteiger partial charge is 0.246 e. The summed E-state index contributed by atoms with van der Waals surface area (Å²) in [5, 5.41) is 0. The second-order valence-electron chi connectivity index (χ2n) is 5.93. The van der Waals surface area contributed by atoms with Crippen molar-refractivity contribution in [2.75, 3.05) is 41.4 Å². The average Bonchev–Trinajstić information content (AvgIpc) is 2.60. The van der Waals surface area contributed by atoms with E-state index in [1.165, 1.54) is 24.6 Å². The van der Waals surface area contributed by atoms with Gasteiger partial charge in [0, 0.05) is 39.2 Å². The first-order chi connectivity index (χ1) is 11.3. The number of amides is 1. The molecule has 1 aromatic rings. The number of sulfonamides is 1. The van der Waals surface area contributed by atoms with Gasteiger partial charge < -0.3 is 14.4 Å². The second kappa shape index (κ2) is 7.40. The number of nitrogens with zero attached hydrogens (tertiary/aromatic N) is 2. The molecule has 0 atom stereocenters. The Hall–Kier alpha value is -1.80. The third kappa shape index (κ3) is 3.64. The highest BCUT2D eigenvalue weighted by atomic mass is 32.2. The number of piperidine rings is 1. The number of methoxy groups -OCH3 is 2. The van der Waals surface area contributed by atoms with E-state index in [4.69, 9.17) is 9.47 Å². The molecule has 1 heterocycles. The third-order valence-electron chi connectivity index (χ3n) is 4.23. The Bertz CT molecular complexity index is 694. The zero-order valence-corrected chi connectivity index (χ0v) is 15.3. The van der Waals surface area contributed by atoms with Gasteiger partial charge in [-0.3, -0.25) is 4.79 Å². The van der Waals surface area contributed by atoms with Crippen molar-refractivity contribution in [1.29, 1.82) is 0 Å². The van der Waals surface area contributed by atoms with Crippen LogP contribution >= 0.6 is 0 Å². The minimum Gasteiger partial charge on any atom is -0.497 e. The lowest BCUT2D eigenvalue weighted by Crippen LogP contribution is -2.42. The maximum Gasteiger partial charge on any atom is 0.246 e. The fourth-order valence-corrected chi connectivity index (χ4v) is 4.44. The van der Waals surface area contributed by atoms with Crippen LogP contribution in [0.4, 0.5) is 0 Å². The van der Waals surface area contributed by atoms with Gasteiger partial charge in [0.15, 0.2) is 0 Å². The summed E-state index contributed by atoms with van der Waals surface area (Å²) in [6.07, 6.45) is 1.05. The van der Waals surface area contributed by atoms with Crippen LogP contribution in [-0.2, 0) is 14.8 Å². The summed E-state index contributed by atoms with van der Waals surface area (Å²) in [7, 11) is 2.70. The van der Waals surface area contributed by atoms with Crippen molar-refractivity contribution >= 4 is 15.9 Å². The molecule has 1 aromatic carbocycles. The van der Waals surface area contributed by atoms with E-state index in [0.29, 0.717) is 31.7 Å². The lowest BCUT2D eigenvalue weighted by atomic mass is 9.97. The first-order valence-corrected chi connectivity index (χ1v) is 9.18. The van der Waals surface area contributed by atoms with Gasteiger partial charge in [-0.1, -0.05) is 0 Å². The van der Waals surface area contributed by atoms with Gasteiger partial charge in [-0.25, -0.2) is 8.42 Å². The predicted octanol–water partition coefficient (Wildman–Crippen LogP) is 1.19. The van der Waals surface area contributed by atoms with E-state index in [9.17, 15) is 13.2 Å². The lowest BCUT2D eigenvalue weighted by Gasteiger charge is -2.32. The van der Waals surface area contributed by atoms with Gasteiger partial charge in [0.1, 0.15) is 16.4 Å². The molecule has 0 aromatic heterocycles. The number of hydrogen-bond donors (Lipinski definition) is 0. The van der Waals surface area contributed by atoms with Crippen molar-refractivity contribution in [2.45, 2.75) is 17.7 Å². The van der Waals surface area contributed by atoms with E-state index in [1.807, 2.05) is 0 Å². The summed E-state index contributed by atoms with van der Waals surface area (Å²) >= 11 is 0. The van der Waals surface area contributed by atoms with E-state index >= 15 is 0 Å². The van der Waals surface area contributed by atoms with Crippen molar-refractivity contribution in [2.24, 2.45) is 5.92 Å². The number of carbonyl (C=O) groups excluding carboxylic acids is 1. The van der Waals surface area contributed by atoms with Gasteiger partial charge in [0.2, 0.25) is 15.9 Å². The normalized spacial score (nSPS) is 16.7. The van der Waals surface area contributed by atoms with Crippen LogP contribution in [0.2, 0.25) is 0 Å². The minimum atomic E-state index is -3.67. The average molecular weight is 356 g/mol. The highest BCUT2D eigenvalue weighted by molar-refractivity contribution is 7.89. The molecule has 2 rings (SSSR count). The summed E-state index contributed by atoms with van der Waals surface area (Å²) in [5.74, 6) is 0.709. The maximum absolute atomic E-state index is 12.9. The maximum atomic E-state index is 12.9. The van der Waals surface area contributed by atoms with E-state index in [1.54, 1.807) is 31.1 Å². The Morgan fingerprint density at radius 1 is 1.17 bits per heavy atom. The van der Waals surface area contributed by atoms with Crippen LogP contribution in [0.5, 0.6) is 11.5 Å². The van der Waals surface area contributed by atoms with E-state index in [2.05, 4.69) is 0 Å². The first-order valence-electron chi connectivity index (χ1n) is 7.74. The molecule has 134 valence electrons. The summed E-state index contributed by atoms with van der Waals surface area (Å²) in [6.45, 7) is 0.642. The summed E-state index contributed by atoms with van der Waals surface area (Å²) in [6, 6.07) is 4.64. The highest BCUT2D eigenvalue weighted by Crippen LogP contribution is 2.32. The molecule has 7 nitrogen and oxygen atoms in total. The van der Waals surface area contributed by atoms with Crippen molar-refractivity contribution in [3.05, 3.63) is 18.2 Å². The molecule has 0 radical (unpaired) electrons. The number of benzene rings is 1. The van der Waals surface area contributed by atoms with Crippen LogP contribution in [-0.4, -0.2) is 64.9 Å². The van der Waals surface area contributed by atoms with Crippen LogP contribution in [0.15, 0.2) is 23.1 Å². The van der Waals surface area contributed by atoms with Crippen molar-refractivity contribution in [3.8, 4) is 11.5 Å². The fourth-order valence-electron chi connectivity index (χ4n) is 2.84. The molecular weight excluding hydrogens is 332 g/mol. The first kappa shape index (κ1) is 18.5. The summed E-state index contributed by atoms with van der Waals surface area (Å²) < 4.78 is 37.5. The van der Waals surface area contributed by atoms with Crippen LogP contribution in [0.25, 0.3) is 0 Å². The van der Waals surface area contributed by atoms with Gasteiger partial charge in [0.25, 0.3) is 0 Å². The van der Waals surface area contributed by atoms with Crippen molar-refractivity contribution < 1.29 is 22.7 Å². The van der Waals surface area contributed by atoms with Crippen molar-refractivity contribution in [1.82, 2.24) is 9.21 Å². The molecule has 0 aliphatic carbocycles. The standard InChI is InChI=1S/C16H24N2O5S/c1-17(2)16(19)12-7-9-18(10-8-12)24(20,21)15-6-5-13(22-3)11-14(15)23-4/h5-6,11-12H,7-10H2,1-4H3. The number of rotatable bonds is 5. The molecule has 1 fully saturated rings. The Kier molecular flexibility index (Phi) is 5.71. The Balaban J connectivity index is 2.19. The van der Waals surface area contributed by atoms with E-state index in [0.717, 1.165) is 0 Å². The van der Waals surface area contributed by atoms with Gasteiger partial charge >= 0.3 is 0 Å². The third-order valence-corrected chi connectivity index (χ3v) is 6.17. The minimum absolute atomic E-state index is 0.0501. The van der Waals surface area contributed by atoms with Crippen LogP contribution in [0.3, 0.4) is 0 Å². The Labute approximate surface area is 143 Å². The molecule has 0 spiro atoms. The number of ether oxygens (including phenoxy) is 2. The molecule has 0 unspecified atom stereocenters. The predicted molar refractivity (Wildman–Crippen MR) is 89.7 cm³/mol. The topological polar surface area (TPSA) is 76.2 Å². The summed E-state index contributed by atoms with van der Waals surface area (Å²) in [5.41, 5.74) is 0. The number of hydrogen-bond acceptors (Lipinski definition) is 5. The largest absolute Gasteiger partial charge is 0.497 e. The van der Waals surface area contributed by atoms with Gasteiger partial charge in [-0.2, -0.15) is 4.31 Å². The summed E-state index contributed by atoms with van der Waals surface area (Å²) in [4.78, 5) is 13.7. The van der Waals surface area contributed by atoms with Gasteiger partial charge in [0.05, 0.1) is 14.2 Å². The van der Waals surface area contributed by atoms with Crippen LogP contribution in [0, 0.1) is 5.92 Å². The number of carbonyl (C=O) groups is 1. The lowest BCUT2D eigenvalue weighted by molar-refractivity contribution is -0.134. The molecule has 1 amide bonds. The Morgan fingerprint density at radius 3 is 2.29 bits per heavy atom. The van der Waals surface area contributed by atoms with E-state index < -0.39 is 10.0 Å². The van der Waals surface area contributed by atoms with Crippen LogP contribution in [0.1, 0.15) is 12.8 Å². The monoisotopic (exact) mass is 356 g/mol. The SMILES string of the molecule is COc1ccc(S(=O)(=O)N2CCC(C(=O)N(C)C)CC2)c(OC)c1. The van der Waals surface area contributed by atoms with Crippen molar-refractivity contribution in [3.63, 3.8) is 0 Å². The highest BCUT2D eigenvalue weighted by Gasteiger charge is 2.34. The Morgan fingerprint density at radius 2 is 1.79 bits per heavy atom. The zero-order chi connectivity index (χ0) is 17.9. The van der Waals surface area contributed by atoms with Crippen LogP contribution < -0.4 is 9.47 Å². The molecular formula is C16H24N2O5S.